The Labute approximate surface area is 304 Å². The Balaban J connectivity index is 1.17. The van der Waals surface area contributed by atoms with Crippen LogP contribution >= 0.6 is 11.3 Å². The molecule has 52 heavy (non-hydrogen) atoms. The zero-order valence-corrected chi connectivity index (χ0v) is 28.8. The van der Waals surface area contributed by atoms with E-state index in [1.54, 1.807) is 12.4 Å². The van der Waals surface area contributed by atoms with E-state index in [1.807, 2.05) is 48.0 Å². The molecule has 0 saturated heterocycles. The Morgan fingerprint density at radius 3 is 2.02 bits per heavy atom. The van der Waals surface area contributed by atoms with Crippen LogP contribution in [-0.2, 0) is 0 Å². The molecule has 4 aromatic heterocycles. The van der Waals surface area contributed by atoms with Crippen molar-refractivity contribution in [3.63, 3.8) is 0 Å². The van der Waals surface area contributed by atoms with Crippen LogP contribution < -0.4 is 5.32 Å². The lowest BCUT2D eigenvalue weighted by atomic mass is 9.98. The summed E-state index contributed by atoms with van der Waals surface area (Å²) in [4.78, 5) is 15.0. The molecule has 0 radical (unpaired) electrons. The van der Waals surface area contributed by atoms with Crippen molar-refractivity contribution in [2.45, 2.75) is 6.04 Å². The number of nitrogens with zero attached hydrogens (tertiary/aromatic N) is 4. The van der Waals surface area contributed by atoms with Crippen LogP contribution in [-0.4, -0.2) is 20.4 Å². The Hall–Kier alpha value is -6.63. The lowest BCUT2D eigenvalue weighted by Crippen LogP contribution is -2.27. The minimum Gasteiger partial charge on any atom is -0.340 e. The number of hydrogen-bond donors (Lipinski definition) is 1. The maximum atomic E-state index is 5.23. The van der Waals surface area contributed by atoms with Gasteiger partial charge in [0.05, 0.1) is 17.1 Å². The van der Waals surface area contributed by atoms with Crippen LogP contribution in [0, 0.1) is 0 Å². The molecule has 0 aliphatic carbocycles. The zero-order valence-electron chi connectivity index (χ0n) is 28.0. The monoisotopic (exact) mass is 685 g/mol. The molecule has 5 nitrogen and oxygen atoms in total. The summed E-state index contributed by atoms with van der Waals surface area (Å²) < 4.78 is 3.72. The van der Waals surface area contributed by atoms with Crippen LogP contribution in [0.4, 0.5) is 0 Å². The highest BCUT2D eigenvalue weighted by atomic mass is 32.1. The van der Waals surface area contributed by atoms with E-state index < -0.39 is 0 Å². The van der Waals surface area contributed by atoms with Crippen molar-refractivity contribution in [3.05, 3.63) is 193 Å². The summed E-state index contributed by atoms with van der Waals surface area (Å²) in [5.74, 6) is 0.813. The molecule has 9 aromatic rings. The topological polar surface area (TPSA) is 55.1 Å². The SMILES string of the molecule is C1=C(c2ccncc2)NC(c2ccncc2)=NC1c1cccc(-n2c3ccccc3c3c4sc(-c5ccccc5)c(-c5ccccc5)c4ccc32)c1. The normalized spacial score (nSPS) is 14.3. The third-order valence-corrected chi connectivity index (χ3v) is 11.1. The van der Waals surface area contributed by atoms with Crippen LogP contribution in [0.5, 0.6) is 0 Å². The van der Waals surface area contributed by atoms with Crippen molar-refractivity contribution in [2.24, 2.45) is 4.99 Å². The van der Waals surface area contributed by atoms with Gasteiger partial charge < -0.3 is 9.88 Å². The van der Waals surface area contributed by atoms with Gasteiger partial charge in [0, 0.05) is 78.6 Å². The van der Waals surface area contributed by atoms with Gasteiger partial charge in [-0.3, -0.25) is 15.0 Å². The molecule has 6 heteroatoms. The fourth-order valence-corrected chi connectivity index (χ4v) is 8.86. The van der Waals surface area contributed by atoms with Gasteiger partial charge in [-0.25, -0.2) is 0 Å². The number of aliphatic imine (C=N–C) groups is 1. The second-order valence-corrected chi connectivity index (χ2v) is 13.9. The van der Waals surface area contributed by atoms with Crippen molar-refractivity contribution >= 4 is 54.8 Å². The molecule has 246 valence electrons. The van der Waals surface area contributed by atoms with E-state index in [0.29, 0.717) is 0 Å². The highest BCUT2D eigenvalue weighted by Crippen LogP contribution is 2.49. The van der Waals surface area contributed by atoms with Gasteiger partial charge in [-0.15, -0.1) is 11.3 Å². The number of thiophene rings is 1. The van der Waals surface area contributed by atoms with Crippen molar-refractivity contribution in [1.82, 2.24) is 19.9 Å². The standard InChI is InChI=1S/C46H31N5S/c1-3-10-31(11-4-1)42-37-18-19-41-43(45(37)52-44(42)32-12-5-2-6-13-32)36-16-7-8-17-40(36)51(41)35-15-9-14-34(28-35)39-29-38(30-20-24-47-25-21-30)49-46(50-39)33-22-26-48-27-23-33/h1-29,39H,(H,49,50). The summed E-state index contributed by atoms with van der Waals surface area (Å²) in [6.07, 6.45) is 9.46. The van der Waals surface area contributed by atoms with Crippen molar-refractivity contribution in [2.75, 3.05) is 0 Å². The largest absolute Gasteiger partial charge is 0.340 e. The average Bonchev–Trinajstić information content (AvgIpc) is 3.78. The first-order valence-corrected chi connectivity index (χ1v) is 18.2. The number of nitrogens with one attached hydrogen (secondary N) is 1. The molecule has 0 fully saturated rings. The van der Waals surface area contributed by atoms with Gasteiger partial charge in [0.15, 0.2) is 0 Å². The van der Waals surface area contributed by atoms with Crippen LogP contribution in [0.1, 0.15) is 22.7 Å². The second kappa shape index (κ2) is 12.6. The molecule has 1 N–H and O–H groups in total. The summed E-state index contributed by atoms with van der Waals surface area (Å²) in [6.45, 7) is 0. The first kappa shape index (κ1) is 30.2. The summed E-state index contributed by atoms with van der Waals surface area (Å²) in [5, 5.41) is 7.38. The summed E-state index contributed by atoms with van der Waals surface area (Å²) in [7, 11) is 0. The van der Waals surface area contributed by atoms with E-state index in [4.69, 9.17) is 4.99 Å². The van der Waals surface area contributed by atoms with E-state index in [9.17, 15) is 0 Å². The number of amidine groups is 1. The molecule has 5 aromatic carbocycles. The number of para-hydroxylation sites is 1. The van der Waals surface area contributed by atoms with Gasteiger partial charge in [-0.1, -0.05) is 97.1 Å². The Kier molecular flexibility index (Phi) is 7.32. The highest BCUT2D eigenvalue weighted by molar-refractivity contribution is 7.24. The minimum absolute atomic E-state index is 0.202. The third-order valence-electron chi connectivity index (χ3n) is 9.85. The number of aromatic nitrogens is 3. The first-order valence-electron chi connectivity index (χ1n) is 17.4. The molecule has 5 heterocycles. The fraction of sp³-hybridized carbons (Fsp3) is 0.0217. The number of benzene rings is 5. The van der Waals surface area contributed by atoms with E-state index in [0.717, 1.165) is 33.9 Å². The summed E-state index contributed by atoms with van der Waals surface area (Å²) in [6, 6.07) is 51.7. The third kappa shape index (κ3) is 5.12. The Morgan fingerprint density at radius 1 is 0.558 bits per heavy atom. The molecule has 1 aliphatic rings. The summed E-state index contributed by atoms with van der Waals surface area (Å²) >= 11 is 1.89. The maximum Gasteiger partial charge on any atom is 0.133 e. The predicted octanol–water partition coefficient (Wildman–Crippen LogP) is 11.3. The number of rotatable bonds is 6. The molecular formula is C46H31N5S. The molecule has 0 amide bonds. The smallest absolute Gasteiger partial charge is 0.133 e. The number of hydrogen-bond acceptors (Lipinski definition) is 5. The molecule has 1 aliphatic heterocycles. The van der Waals surface area contributed by atoms with Crippen molar-refractivity contribution < 1.29 is 0 Å². The number of pyridine rings is 2. The van der Waals surface area contributed by atoms with Crippen LogP contribution in [0.3, 0.4) is 0 Å². The van der Waals surface area contributed by atoms with Crippen molar-refractivity contribution in [3.8, 4) is 27.3 Å². The van der Waals surface area contributed by atoms with Crippen LogP contribution in [0.25, 0.3) is 64.8 Å². The molecular weight excluding hydrogens is 655 g/mol. The van der Waals surface area contributed by atoms with Gasteiger partial charge in [0.25, 0.3) is 0 Å². The van der Waals surface area contributed by atoms with Gasteiger partial charge in [0.2, 0.25) is 0 Å². The Morgan fingerprint density at radius 2 is 1.25 bits per heavy atom. The second-order valence-electron chi connectivity index (χ2n) is 12.9. The fourth-order valence-electron chi connectivity index (χ4n) is 7.48. The van der Waals surface area contributed by atoms with Crippen LogP contribution in [0.15, 0.2) is 181 Å². The minimum atomic E-state index is -0.202. The van der Waals surface area contributed by atoms with Gasteiger partial charge in [-0.2, -0.15) is 0 Å². The summed E-state index contributed by atoms with van der Waals surface area (Å²) in [5.41, 5.74) is 11.4. The Bertz CT molecular complexity index is 2750. The highest BCUT2D eigenvalue weighted by Gasteiger charge is 2.23. The molecule has 1 unspecified atom stereocenters. The van der Waals surface area contributed by atoms with Gasteiger partial charge >= 0.3 is 0 Å². The van der Waals surface area contributed by atoms with E-state index >= 15 is 0 Å². The molecule has 0 bridgehead atoms. The van der Waals surface area contributed by atoms with Crippen molar-refractivity contribution in [1.29, 1.82) is 0 Å². The molecule has 0 spiro atoms. The first-order chi connectivity index (χ1) is 25.8. The van der Waals surface area contributed by atoms with Gasteiger partial charge in [-0.05, 0) is 71.3 Å². The van der Waals surface area contributed by atoms with Gasteiger partial charge in [0.1, 0.15) is 5.84 Å². The van der Waals surface area contributed by atoms with E-state index in [-0.39, 0.29) is 6.04 Å². The molecule has 10 rings (SSSR count). The predicted molar refractivity (Wildman–Crippen MR) is 216 cm³/mol. The van der Waals surface area contributed by atoms with Crippen LogP contribution in [0.2, 0.25) is 0 Å². The zero-order chi connectivity index (χ0) is 34.4. The molecule has 1 atom stereocenters. The van der Waals surface area contributed by atoms with E-state index in [1.165, 1.54) is 53.5 Å². The quantitative estimate of drug-likeness (QED) is 0.190. The van der Waals surface area contributed by atoms with E-state index in [2.05, 4.69) is 147 Å². The lowest BCUT2D eigenvalue weighted by molar-refractivity contribution is 0.877. The lowest BCUT2D eigenvalue weighted by Gasteiger charge is -2.23. The molecule has 0 saturated carbocycles. The maximum absolute atomic E-state index is 5.23. The average molecular weight is 686 g/mol. The number of fused-ring (bicyclic) bond motifs is 5.